The van der Waals surface area contributed by atoms with Crippen LogP contribution in [0.25, 0.3) is 0 Å². The molecule has 1 N–H and O–H groups in total. The number of nitrogens with one attached hydrogen (secondary N) is 1. The Labute approximate surface area is 107 Å². The second-order valence-corrected chi connectivity index (χ2v) is 4.89. The first kappa shape index (κ1) is 12.6. The normalized spacial score (nSPS) is 18.2. The van der Waals surface area contributed by atoms with Gasteiger partial charge in [-0.25, -0.2) is 0 Å². The van der Waals surface area contributed by atoms with Crippen LogP contribution in [-0.2, 0) is 0 Å². The number of rotatable bonds is 5. The van der Waals surface area contributed by atoms with Crippen LogP contribution < -0.4 is 5.32 Å². The number of carbonyl (C=O) groups is 1. The minimum absolute atomic E-state index is 0.104. The van der Waals surface area contributed by atoms with Crippen LogP contribution in [0.4, 0.5) is 0 Å². The van der Waals surface area contributed by atoms with Gasteiger partial charge < -0.3 is 5.32 Å². The molecule has 0 saturated heterocycles. The van der Waals surface area contributed by atoms with Crippen molar-refractivity contribution in [2.75, 3.05) is 5.88 Å². The van der Waals surface area contributed by atoms with Gasteiger partial charge in [0.05, 0.1) is 6.04 Å². The highest BCUT2D eigenvalue weighted by Crippen LogP contribution is 2.19. The first-order valence-corrected chi connectivity index (χ1v) is 6.76. The lowest BCUT2D eigenvalue weighted by Crippen LogP contribution is -2.43. The zero-order valence-electron chi connectivity index (χ0n) is 9.86. The van der Waals surface area contributed by atoms with Crippen LogP contribution in [0.1, 0.15) is 36.0 Å². The van der Waals surface area contributed by atoms with Crippen molar-refractivity contribution in [1.29, 1.82) is 0 Å². The molecule has 1 aliphatic rings. The van der Waals surface area contributed by atoms with E-state index < -0.39 is 0 Å². The van der Waals surface area contributed by atoms with Crippen molar-refractivity contribution in [1.82, 2.24) is 5.32 Å². The van der Waals surface area contributed by atoms with E-state index in [1.165, 1.54) is 12.8 Å². The predicted octanol–water partition coefficient (Wildman–Crippen LogP) is 3.01. The Kier molecular flexibility index (Phi) is 4.57. The first-order chi connectivity index (χ1) is 8.31. The highest BCUT2D eigenvalue weighted by Gasteiger charge is 2.24. The van der Waals surface area contributed by atoms with Gasteiger partial charge in [-0.1, -0.05) is 43.2 Å². The zero-order valence-corrected chi connectivity index (χ0v) is 10.6. The van der Waals surface area contributed by atoms with Gasteiger partial charge in [0.25, 0.3) is 0 Å². The fraction of sp³-hybridized carbons (Fsp3) is 0.500. The van der Waals surface area contributed by atoms with Crippen molar-refractivity contribution in [2.45, 2.75) is 37.8 Å². The summed E-state index contributed by atoms with van der Waals surface area (Å²) in [5.74, 6) is 0.442. The number of alkyl halides is 1. The summed E-state index contributed by atoms with van der Waals surface area (Å²) < 4.78 is 0. The Balaban J connectivity index is 2.00. The number of ketones is 1. The molecular formula is C14H18ClNO. The number of carbonyl (C=O) groups excluding carboxylic acids is 1. The lowest BCUT2D eigenvalue weighted by molar-refractivity contribution is 0.0946. The quantitative estimate of drug-likeness (QED) is 0.644. The van der Waals surface area contributed by atoms with Gasteiger partial charge in [0, 0.05) is 17.5 Å². The highest BCUT2D eigenvalue weighted by atomic mass is 35.5. The van der Waals surface area contributed by atoms with Gasteiger partial charge in [0.2, 0.25) is 0 Å². The zero-order chi connectivity index (χ0) is 12.1. The monoisotopic (exact) mass is 251 g/mol. The van der Waals surface area contributed by atoms with Gasteiger partial charge in [-0.3, -0.25) is 4.79 Å². The topological polar surface area (TPSA) is 29.1 Å². The molecule has 1 aliphatic carbocycles. The Morgan fingerprint density at radius 2 is 1.94 bits per heavy atom. The van der Waals surface area contributed by atoms with Crippen molar-refractivity contribution in [3.63, 3.8) is 0 Å². The number of Topliss-reactive ketones (excluding diaryl/α,β-unsaturated/α-hetero) is 1. The molecule has 17 heavy (non-hydrogen) atoms. The second kappa shape index (κ2) is 6.18. The minimum atomic E-state index is -0.248. The van der Waals surface area contributed by atoms with E-state index in [1.807, 2.05) is 30.3 Å². The molecule has 3 heteroatoms. The van der Waals surface area contributed by atoms with Gasteiger partial charge >= 0.3 is 0 Å². The van der Waals surface area contributed by atoms with E-state index in [1.54, 1.807) is 0 Å². The van der Waals surface area contributed by atoms with Gasteiger partial charge in [-0.2, -0.15) is 0 Å². The van der Waals surface area contributed by atoms with Crippen molar-refractivity contribution in [3.8, 4) is 0 Å². The fourth-order valence-electron chi connectivity index (χ4n) is 2.37. The third-order valence-corrected chi connectivity index (χ3v) is 3.63. The lowest BCUT2D eigenvalue weighted by Gasteiger charge is -2.19. The first-order valence-electron chi connectivity index (χ1n) is 6.22. The van der Waals surface area contributed by atoms with Gasteiger partial charge in [-0.05, 0) is 12.8 Å². The number of benzene rings is 1. The van der Waals surface area contributed by atoms with E-state index in [-0.39, 0.29) is 11.8 Å². The lowest BCUT2D eigenvalue weighted by atomic mass is 10.0. The fourth-order valence-corrected chi connectivity index (χ4v) is 2.60. The molecule has 1 fully saturated rings. The predicted molar refractivity (Wildman–Crippen MR) is 70.7 cm³/mol. The molecule has 1 saturated carbocycles. The smallest absolute Gasteiger partial charge is 0.180 e. The highest BCUT2D eigenvalue weighted by molar-refractivity contribution is 6.21. The summed E-state index contributed by atoms with van der Waals surface area (Å²) in [6, 6.07) is 9.59. The van der Waals surface area contributed by atoms with E-state index in [4.69, 9.17) is 11.6 Å². The number of hydrogen-bond donors (Lipinski definition) is 1. The molecule has 0 bridgehead atoms. The van der Waals surface area contributed by atoms with Crippen molar-refractivity contribution in [3.05, 3.63) is 35.9 Å². The summed E-state index contributed by atoms with van der Waals surface area (Å²) in [5.41, 5.74) is 0.739. The van der Waals surface area contributed by atoms with Crippen LogP contribution in [0.2, 0.25) is 0 Å². The molecular weight excluding hydrogens is 234 g/mol. The average molecular weight is 252 g/mol. The molecule has 0 radical (unpaired) electrons. The van der Waals surface area contributed by atoms with Gasteiger partial charge in [0.15, 0.2) is 5.78 Å². The maximum atomic E-state index is 12.2. The summed E-state index contributed by atoms with van der Waals surface area (Å²) in [6.07, 6.45) is 4.84. The molecule has 0 aromatic heterocycles. The van der Waals surface area contributed by atoms with E-state index in [9.17, 15) is 4.79 Å². The average Bonchev–Trinajstić information content (AvgIpc) is 2.89. The summed E-state index contributed by atoms with van der Waals surface area (Å²) in [4.78, 5) is 12.2. The number of halogens is 1. The second-order valence-electron chi connectivity index (χ2n) is 4.59. The summed E-state index contributed by atoms with van der Waals surface area (Å²) in [7, 11) is 0. The van der Waals surface area contributed by atoms with Gasteiger partial charge in [-0.15, -0.1) is 11.6 Å². The van der Waals surface area contributed by atoms with Crippen LogP contribution >= 0.6 is 11.6 Å². The Morgan fingerprint density at radius 1 is 1.29 bits per heavy atom. The van der Waals surface area contributed by atoms with E-state index in [0.29, 0.717) is 11.9 Å². The molecule has 92 valence electrons. The molecule has 0 amide bonds. The van der Waals surface area contributed by atoms with Crippen LogP contribution in [0.3, 0.4) is 0 Å². The van der Waals surface area contributed by atoms with E-state index in [2.05, 4.69) is 5.32 Å². The van der Waals surface area contributed by atoms with Crippen molar-refractivity contribution < 1.29 is 4.79 Å². The summed E-state index contributed by atoms with van der Waals surface area (Å²) in [6.45, 7) is 0. The maximum Gasteiger partial charge on any atom is 0.180 e. The Morgan fingerprint density at radius 3 is 2.53 bits per heavy atom. The van der Waals surface area contributed by atoms with Crippen LogP contribution in [0.5, 0.6) is 0 Å². The minimum Gasteiger partial charge on any atom is -0.303 e. The molecule has 0 heterocycles. The third-order valence-electron chi connectivity index (χ3n) is 3.32. The number of hydrogen-bond acceptors (Lipinski definition) is 2. The molecule has 0 spiro atoms. The van der Waals surface area contributed by atoms with Crippen molar-refractivity contribution in [2.24, 2.45) is 0 Å². The Bertz CT molecular complexity index is 360. The summed E-state index contributed by atoms with van der Waals surface area (Å²) >= 11 is 5.91. The standard InChI is InChI=1S/C14H18ClNO/c15-10-13(16-12-8-4-5-9-12)14(17)11-6-2-1-3-7-11/h1-3,6-7,12-13,16H,4-5,8-10H2. The largest absolute Gasteiger partial charge is 0.303 e. The van der Waals surface area contributed by atoms with E-state index in [0.717, 1.165) is 18.4 Å². The molecule has 1 atom stereocenters. The van der Waals surface area contributed by atoms with Crippen LogP contribution in [-0.4, -0.2) is 23.7 Å². The van der Waals surface area contributed by atoms with Gasteiger partial charge in [0.1, 0.15) is 0 Å². The molecule has 1 unspecified atom stereocenters. The SMILES string of the molecule is O=C(c1ccccc1)C(CCl)NC1CCCC1. The molecule has 2 nitrogen and oxygen atoms in total. The van der Waals surface area contributed by atoms with Crippen molar-refractivity contribution >= 4 is 17.4 Å². The molecule has 1 aromatic carbocycles. The van der Waals surface area contributed by atoms with E-state index >= 15 is 0 Å². The molecule has 0 aliphatic heterocycles. The van der Waals surface area contributed by atoms with Crippen LogP contribution in [0, 0.1) is 0 Å². The maximum absolute atomic E-state index is 12.2. The Hall–Kier alpha value is -0.860. The third kappa shape index (κ3) is 3.30. The molecule has 2 rings (SSSR count). The molecule has 1 aromatic rings. The summed E-state index contributed by atoms with van der Waals surface area (Å²) in [5, 5.41) is 3.38. The van der Waals surface area contributed by atoms with Crippen LogP contribution in [0.15, 0.2) is 30.3 Å².